The topological polar surface area (TPSA) is 24.9 Å². The van der Waals surface area contributed by atoms with Gasteiger partial charge in [0.25, 0.3) is 0 Å². The van der Waals surface area contributed by atoms with E-state index in [-0.39, 0.29) is 0 Å². The number of aryl methyl sites for hydroxylation is 1. The van der Waals surface area contributed by atoms with Crippen molar-refractivity contribution in [3.05, 3.63) is 77.5 Å². The van der Waals surface area contributed by atoms with Gasteiger partial charge >= 0.3 is 0 Å². The zero-order valence-corrected chi connectivity index (χ0v) is 12.5. The van der Waals surface area contributed by atoms with E-state index >= 15 is 0 Å². The van der Waals surface area contributed by atoms with Crippen molar-refractivity contribution in [3.8, 4) is 0 Å². The van der Waals surface area contributed by atoms with E-state index < -0.39 is 0 Å². The van der Waals surface area contributed by atoms with Crippen LogP contribution in [0.3, 0.4) is 0 Å². The number of hydrogen-bond donors (Lipinski definition) is 1. The van der Waals surface area contributed by atoms with Crippen molar-refractivity contribution < 1.29 is 0 Å². The van der Waals surface area contributed by atoms with Crippen molar-refractivity contribution in [1.82, 2.24) is 10.3 Å². The van der Waals surface area contributed by atoms with E-state index in [1.165, 1.54) is 16.5 Å². The fraction of sp³-hybridized carbons (Fsp3) is 0.211. The van der Waals surface area contributed by atoms with E-state index in [1.54, 1.807) is 0 Å². The Morgan fingerprint density at radius 3 is 2.57 bits per heavy atom. The maximum Gasteiger partial charge on any atom is 0.0705 e. The highest BCUT2D eigenvalue weighted by Gasteiger charge is 2.07. The minimum Gasteiger partial charge on any atom is -0.305 e. The molecule has 3 rings (SSSR count). The molecule has 2 heteroatoms. The van der Waals surface area contributed by atoms with Crippen LogP contribution in [-0.4, -0.2) is 4.98 Å². The Balaban J connectivity index is 1.73. The molecule has 1 aromatic heterocycles. The van der Waals surface area contributed by atoms with E-state index in [4.69, 9.17) is 4.98 Å². The highest BCUT2D eigenvalue weighted by atomic mass is 14.9. The normalized spacial score (nSPS) is 12.5. The van der Waals surface area contributed by atoms with Crippen LogP contribution < -0.4 is 5.32 Å². The molecule has 0 aliphatic carbocycles. The number of benzene rings is 2. The Kier molecular flexibility index (Phi) is 3.98. The fourth-order valence-electron chi connectivity index (χ4n) is 2.65. The second-order valence-electron chi connectivity index (χ2n) is 5.45. The predicted molar refractivity (Wildman–Crippen MR) is 88.2 cm³/mol. The quantitative estimate of drug-likeness (QED) is 0.764. The van der Waals surface area contributed by atoms with E-state index in [0.717, 1.165) is 17.8 Å². The van der Waals surface area contributed by atoms with Crippen molar-refractivity contribution >= 4 is 10.9 Å². The van der Waals surface area contributed by atoms with Crippen LogP contribution in [0.15, 0.2) is 60.7 Å². The predicted octanol–water partition coefficient (Wildman–Crippen LogP) is 4.39. The van der Waals surface area contributed by atoms with Crippen LogP contribution in [-0.2, 0) is 6.54 Å². The SMILES string of the molecule is Cc1ccccc1C(C)NCc1ccc2ccccc2n1. The third-order valence-electron chi connectivity index (χ3n) is 3.90. The molecule has 0 spiro atoms. The van der Waals surface area contributed by atoms with Crippen LogP contribution in [0.25, 0.3) is 10.9 Å². The Labute approximate surface area is 125 Å². The molecule has 0 fully saturated rings. The van der Waals surface area contributed by atoms with Crippen LogP contribution >= 0.6 is 0 Å². The van der Waals surface area contributed by atoms with Gasteiger partial charge in [0.1, 0.15) is 0 Å². The fourth-order valence-corrected chi connectivity index (χ4v) is 2.65. The average molecular weight is 276 g/mol. The summed E-state index contributed by atoms with van der Waals surface area (Å²) in [6.07, 6.45) is 0. The molecular weight excluding hydrogens is 256 g/mol. The summed E-state index contributed by atoms with van der Waals surface area (Å²) in [5.41, 5.74) is 4.80. The molecule has 106 valence electrons. The van der Waals surface area contributed by atoms with Gasteiger partial charge in [-0.1, -0.05) is 48.5 Å². The molecule has 2 aromatic carbocycles. The van der Waals surface area contributed by atoms with Crippen molar-refractivity contribution in [2.45, 2.75) is 26.4 Å². The molecule has 1 N–H and O–H groups in total. The highest BCUT2D eigenvalue weighted by molar-refractivity contribution is 5.78. The zero-order chi connectivity index (χ0) is 14.7. The Morgan fingerprint density at radius 2 is 1.71 bits per heavy atom. The standard InChI is InChI=1S/C19H20N2/c1-14-7-3-5-9-18(14)15(2)20-13-17-12-11-16-8-4-6-10-19(16)21-17/h3-12,15,20H,13H2,1-2H3. The van der Waals surface area contributed by atoms with Gasteiger partial charge in [-0.3, -0.25) is 4.98 Å². The zero-order valence-electron chi connectivity index (χ0n) is 12.5. The monoisotopic (exact) mass is 276 g/mol. The number of para-hydroxylation sites is 1. The molecule has 0 amide bonds. The molecule has 1 heterocycles. The van der Waals surface area contributed by atoms with Crippen LogP contribution in [0.5, 0.6) is 0 Å². The number of rotatable bonds is 4. The van der Waals surface area contributed by atoms with Crippen LogP contribution in [0.2, 0.25) is 0 Å². The van der Waals surface area contributed by atoms with E-state index in [2.05, 4.69) is 67.7 Å². The molecule has 0 bridgehead atoms. The summed E-state index contributed by atoms with van der Waals surface area (Å²) >= 11 is 0. The maximum atomic E-state index is 4.70. The molecule has 3 aromatic rings. The molecule has 21 heavy (non-hydrogen) atoms. The van der Waals surface area contributed by atoms with Gasteiger partial charge in [-0.15, -0.1) is 0 Å². The van der Waals surface area contributed by atoms with Gasteiger partial charge in [0, 0.05) is 18.0 Å². The molecular formula is C19H20N2. The minimum atomic E-state index is 0.319. The molecule has 0 saturated heterocycles. The summed E-state index contributed by atoms with van der Waals surface area (Å²) in [7, 11) is 0. The number of fused-ring (bicyclic) bond motifs is 1. The lowest BCUT2D eigenvalue weighted by molar-refractivity contribution is 0.566. The van der Waals surface area contributed by atoms with Crippen molar-refractivity contribution in [1.29, 1.82) is 0 Å². The molecule has 1 unspecified atom stereocenters. The van der Waals surface area contributed by atoms with Gasteiger partial charge in [0.15, 0.2) is 0 Å². The number of aromatic nitrogens is 1. The Hall–Kier alpha value is -2.19. The Morgan fingerprint density at radius 1 is 0.952 bits per heavy atom. The lowest BCUT2D eigenvalue weighted by Crippen LogP contribution is -2.19. The average Bonchev–Trinajstić information content (AvgIpc) is 2.53. The number of hydrogen-bond acceptors (Lipinski definition) is 2. The molecule has 0 radical (unpaired) electrons. The summed E-state index contributed by atoms with van der Waals surface area (Å²) in [6, 6.07) is 21.3. The summed E-state index contributed by atoms with van der Waals surface area (Å²) in [5, 5.41) is 4.75. The summed E-state index contributed by atoms with van der Waals surface area (Å²) in [6.45, 7) is 5.13. The van der Waals surface area contributed by atoms with Gasteiger partial charge in [0.2, 0.25) is 0 Å². The number of nitrogens with one attached hydrogen (secondary N) is 1. The Bertz CT molecular complexity index is 749. The van der Waals surface area contributed by atoms with Gasteiger partial charge in [-0.25, -0.2) is 0 Å². The van der Waals surface area contributed by atoms with Crippen LogP contribution in [0, 0.1) is 6.92 Å². The lowest BCUT2D eigenvalue weighted by Gasteiger charge is -2.16. The second-order valence-corrected chi connectivity index (χ2v) is 5.45. The largest absolute Gasteiger partial charge is 0.305 e. The van der Waals surface area contributed by atoms with Crippen molar-refractivity contribution in [3.63, 3.8) is 0 Å². The van der Waals surface area contributed by atoms with Crippen molar-refractivity contribution in [2.75, 3.05) is 0 Å². The lowest BCUT2D eigenvalue weighted by atomic mass is 10.0. The van der Waals surface area contributed by atoms with E-state index in [0.29, 0.717) is 6.04 Å². The number of pyridine rings is 1. The first-order chi connectivity index (χ1) is 10.2. The van der Waals surface area contributed by atoms with Crippen molar-refractivity contribution in [2.24, 2.45) is 0 Å². The molecule has 1 atom stereocenters. The van der Waals surface area contributed by atoms with Gasteiger partial charge in [-0.2, -0.15) is 0 Å². The first kappa shape index (κ1) is 13.8. The summed E-state index contributed by atoms with van der Waals surface area (Å²) in [5.74, 6) is 0. The first-order valence-corrected chi connectivity index (χ1v) is 7.37. The molecule has 0 aliphatic rings. The van der Waals surface area contributed by atoms with Crippen LogP contribution in [0.1, 0.15) is 29.8 Å². The summed E-state index contributed by atoms with van der Waals surface area (Å²) < 4.78 is 0. The smallest absolute Gasteiger partial charge is 0.0705 e. The third-order valence-corrected chi connectivity index (χ3v) is 3.90. The van der Waals surface area contributed by atoms with Gasteiger partial charge in [-0.05, 0) is 37.1 Å². The number of nitrogens with zero attached hydrogens (tertiary/aromatic N) is 1. The molecule has 2 nitrogen and oxygen atoms in total. The maximum absolute atomic E-state index is 4.70. The van der Waals surface area contributed by atoms with E-state index in [9.17, 15) is 0 Å². The van der Waals surface area contributed by atoms with Gasteiger partial charge < -0.3 is 5.32 Å². The van der Waals surface area contributed by atoms with E-state index in [1.807, 2.05) is 12.1 Å². The second kappa shape index (κ2) is 6.06. The molecule has 0 saturated carbocycles. The summed E-state index contributed by atoms with van der Waals surface area (Å²) in [4.78, 5) is 4.70. The third kappa shape index (κ3) is 3.11. The molecule has 0 aliphatic heterocycles. The van der Waals surface area contributed by atoms with Crippen LogP contribution in [0.4, 0.5) is 0 Å². The minimum absolute atomic E-state index is 0.319. The first-order valence-electron chi connectivity index (χ1n) is 7.37. The van der Waals surface area contributed by atoms with Gasteiger partial charge in [0.05, 0.1) is 11.2 Å². The highest BCUT2D eigenvalue weighted by Crippen LogP contribution is 2.17.